The fourth-order valence-corrected chi connectivity index (χ4v) is 5.26. The predicted molar refractivity (Wildman–Crippen MR) is 110 cm³/mol. The monoisotopic (exact) mass is 438 g/mol. The molecule has 2 aliphatic rings. The van der Waals surface area contributed by atoms with Gasteiger partial charge in [-0.05, 0) is 68.3 Å². The first kappa shape index (κ1) is 20.6. The van der Waals surface area contributed by atoms with Gasteiger partial charge in [0.15, 0.2) is 6.10 Å². The number of nitrogens with zero attached hydrogens (tertiary/aromatic N) is 2. The number of hydrogen-bond donors (Lipinski definition) is 1. The molecule has 0 radical (unpaired) electrons. The first-order valence-corrected chi connectivity index (χ1v) is 10.8. The lowest BCUT2D eigenvalue weighted by atomic mass is 9.73. The molecule has 1 spiro atoms. The van der Waals surface area contributed by atoms with Crippen molar-refractivity contribution in [1.82, 2.24) is 4.98 Å². The molecule has 2 heterocycles. The van der Waals surface area contributed by atoms with E-state index in [0.717, 1.165) is 28.9 Å². The number of pyridine rings is 1. The second-order valence-electron chi connectivity index (χ2n) is 8.48. The summed E-state index contributed by atoms with van der Waals surface area (Å²) in [5, 5.41) is 10.8. The zero-order valence-corrected chi connectivity index (χ0v) is 18.4. The van der Waals surface area contributed by atoms with E-state index in [9.17, 15) is 9.90 Å². The molecule has 27 heavy (non-hydrogen) atoms. The van der Waals surface area contributed by atoms with E-state index in [1.807, 2.05) is 13.8 Å². The van der Waals surface area contributed by atoms with Crippen LogP contribution in [-0.4, -0.2) is 35.3 Å². The Morgan fingerprint density at radius 3 is 2.48 bits per heavy atom. The lowest BCUT2D eigenvalue weighted by Crippen LogP contribution is -2.31. The summed E-state index contributed by atoms with van der Waals surface area (Å²) in [5.41, 5.74) is 3.43. The summed E-state index contributed by atoms with van der Waals surface area (Å²) in [5.74, 6) is -0.613. The molecule has 5 nitrogen and oxygen atoms in total. The minimum absolute atomic E-state index is 0.268. The van der Waals surface area contributed by atoms with Crippen molar-refractivity contribution < 1.29 is 14.6 Å². The van der Waals surface area contributed by atoms with Gasteiger partial charge in [-0.3, -0.25) is 4.98 Å². The highest BCUT2D eigenvalue weighted by Crippen LogP contribution is 2.48. The molecular weight excluding hydrogens is 408 g/mol. The number of carbonyl (C=O) groups excluding carboxylic acids is 1. The molecule has 1 atom stereocenters. The van der Waals surface area contributed by atoms with E-state index in [1.165, 1.54) is 38.5 Å². The van der Waals surface area contributed by atoms with Gasteiger partial charge in [-0.15, -0.1) is 0 Å². The number of carbonyl (C=O) groups is 1. The van der Waals surface area contributed by atoms with Gasteiger partial charge in [0, 0.05) is 24.3 Å². The molecule has 0 aromatic carbocycles. The van der Waals surface area contributed by atoms with E-state index in [4.69, 9.17) is 4.74 Å². The van der Waals surface area contributed by atoms with Crippen molar-refractivity contribution in [2.45, 2.75) is 78.4 Å². The molecular formula is C21H31BrN2O3. The highest BCUT2D eigenvalue weighted by molar-refractivity contribution is 9.10. The molecule has 1 aromatic heterocycles. The Kier molecular flexibility index (Phi) is 6.16. The fourth-order valence-electron chi connectivity index (χ4n) is 4.71. The van der Waals surface area contributed by atoms with Crippen LogP contribution in [0.15, 0.2) is 4.47 Å². The van der Waals surface area contributed by atoms with Gasteiger partial charge in [-0.25, -0.2) is 4.79 Å². The number of aryl methyl sites for hydroxylation is 2. The lowest BCUT2D eigenvalue weighted by Gasteiger charge is -2.34. The average molecular weight is 439 g/mol. The van der Waals surface area contributed by atoms with E-state index in [1.54, 1.807) is 13.8 Å². The van der Waals surface area contributed by atoms with Crippen molar-refractivity contribution in [3.63, 3.8) is 0 Å². The van der Waals surface area contributed by atoms with Crippen LogP contribution in [0.2, 0.25) is 0 Å². The maximum Gasteiger partial charge on any atom is 0.340 e. The maximum atomic E-state index is 12.4. The van der Waals surface area contributed by atoms with Crippen LogP contribution in [0.3, 0.4) is 0 Å². The molecule has 0 unspecified atom stereocenters. The number of aliphatic hydroxyl groups is 1. The molecule has 6 heteroatoms. The Balaban J connectivity index is 1.98. The highest BCUT2D eigenvalue weighted by Gasteiger charge is 2.41. The maximum absolute atomic E-state index is 12.4. The van der Waals surface area contributed by atoms with Gasteiger partial charge in [0.2, 0.25) is 0 Å². The number of esters is 1. The van der Waals surface area contributed by atoms with Gasteiger partial charge in [0.05, 0.1) is 22.0 Å². The van der Waals surface area contributed by atoms with E-state index in [2.05, 4.69) is 25.8 Å². The zero-order valence-electron chi connectivity index (χ0n) is 16.8. The second-order valence-corrected chi connectivity index (χ2v) is 9.27. The molecule has 3 rings (SSSR count). The van der Waals surface area contributed by atoms with Crippen LogP contribution in [0.5, 0.6) is 0 Å². The van der Waals surface area contributed by atoms with Gasteiger partial charge >= 0.3 is 5.97 Å². The van der Waals surface area contributed by atoms with Gasteiger partial charge in [-0.2, -0.15) is 0 Å². The van der Waals surface area contributed by atoms with Crippen LogP contribution in [0.25, 0.3) is 0 Å². The van der Waals surface area contributed by atoms with Crippen molar-refractivity contribution in [2.75, 3.05) is 18.0 Å². The lowest BCUT2D eigenvalue weighted by molar-refractivity contribution is -0.157. The number of halogens is 1. The van der Waals surface area contributed by atoms with Gasteiger partial charge in [0.25, 0.3) is 0 Å². The molecule has 1 saturated heterocycles. The Morgan fingerprint density at radius 2 is 1.85 bits per heavy atom. The van der Waals surface area contributed by atoms with Crippen molar-refractivity contribution in [1.29, 1.82) is 0 Å². The van der Waals surface area contributed by atoms with Crippen LogP contribution in [0, 0.1) is 19.3 Å². The first-order valence-electron chi connectivity index (χ1n) is 10.0. The normalized spacial score (nSPS) is 20.3. The van der Waals surface area contributed by atoms with Crippen molar-refractivity contribution in [3.8, 4) is 0 Å². The van der Waals surface area contributed by atoms with Gasteiger partial charge in [-0.1, -0.05) is 19.3 Å². The average Bonchev–Trinajstić information content (AvgIpc) is 3.00. The van der Waals surface area contributed by atoms with Crippen molar-refractivity contribution >= 4 is 27.6 Å². The quantitative estimate of drug-likeness (QED) is 0.695. The van der Waals surface area contributed by atoms with Crippen LogP contribution in [0.4, 0.5) is 5.69 Å². The third-order valence-corrected chi connectivity index (χ3v) is 6.97. The minimum Gasteiger partial charge on any atom is -0.461 e. The van der Waals surface area contributed by atoms with E-state index < -0.39 is 12.1 Å². The van der Waals surface area contributed by atoms with Crippen LogP contribution in [0.1, 0.15) is 75.4 Å². The molecule has 1 N–H and O–H groups in total. The van der Waals surface area contributed by atoms with Crippen LogP contribution in [-0.2, 0) is 9.53 Å². The molecule has 1 aromatic rings. The van der Waals surface area contributed by atoms with E-state index in [-0.39, 0.29) is 6.10 Å². The zero-order chi connectivity index (χ0) is 19.8. The standard InChI is InChI=1S/C21H31BrN2O3/c1-13(2)27-20(26)19(25)16-14(3)23-15(4)17(22)18(16)24-11-10-21(12-24)8-6-5-7-9-21/h13,19,25H,5-12H2,1-4H3/t19-/m0/s1. The van der Waals surface area contributed by atoms with E-state index >= 15 is 0 Å². The summed E-state index contributed by atoms with van der Waals surface area (Å²) in [7, 11) is 0. The number of aromatic nitrogens is 1. The summed E-state index contributed by atoms with van der Waals surface area (Å²) in [6, 6.07) is 0. The predicted octanol–water partition coefficient (Wildman–Crippen LogP) is 4.61. The third-order valence-electron chi connectivity index (χ3n) is 6.02. The Labute approximate surface area is 170 Å². The van der Waals surface area contributed by atoms with Crippen molar-refractivity contribution in [2.24, 2.45) is 5.41 Å². The molecule has 1 aliphatic carbocycles. The second kappa shape index (κ2) is 8.08. The number of rotatable bonds is 4. The van der Waals surface area contributed by atoms with E-state index in [0.29, 0.717) is 16.7 Å². The third kappa shape index (κ3) is 4.16. The summed E-state index contributed by atoms with van der Waals surface area (Å²) in [6.45, 7) is 9.31. The Bertz CT molecular complexity index is 714. The SMILES string of the molecule is Cc1nc(C)c([C@H](O)C(=O)OC(C)C)c(N2CCC3(CCCCC3)C2)c1Br. The largest absolute Gasteiger partial charge is 0.461 e. The molecule has 0 amide bonds. The number of hydrogen-bond acceptors (Lipinski definition) is 5. The minimum atomic E-state index is -1.32. The van der Waals surface area contributed by atoms with Gasteiger partial charge in [0.1, 0.15) is 0 Å². The molecule has 1 aliphatic heterocycles. The highest BCUT2D eigenvalue weighted by atomic mass is 79.9. The summed E-state index contributed by atoms with van der Waals surface area (Å²) < 4.78 is 6.14. The molecule has 150 valence electrons. The molecule has 1 saturated carbocycles. The van der Waals surface area contributed by atoms with Crippen molar-refractivity contribution in [3.05, 3.63) is 21.4 Å². The Morgan fingerprint density at radius 1 is 1.19 bits per heavy atom. The van der Waals surface area contributed by atoms with Gasteiger partial charge < -0.3 is 14.7 Å². The molecule has 0 bridgehead atoms. The number of aliphatic hydroxyl groups excluding tert-OH is 1. The topological polar surface area (TPSA) is 62.7 Å². The number of ether oxygens (including phenoxy) is 1. The molecule has 2 fully saturated rings. The Hall–Kier alpha value is -1.14. The first-order chi connectivity index (χ1) is 12.7. The summed E-state index contributed by atoms with van der Waals surface area (Å²) in [6.07, 6.45) is 6.08. The summed E-state index contributed by atoms with van der Waals surface area (Å²) >= 11 is 3.69. The fraction of sp³-hybridized carbons (Fsp3) is 0.714. The smallest absolute Gasteiger partial charge is 0.340 e. The summed E-state index contributed by atoms with van der Waals surface area (Å²) in [4.78, 5) is 19.3. The van der Waals surface area contributed by atoms with Crippen LogP contribution < -0.4 is 4.90 Å². The number of anilines is 1. The van der Waals surface area contributed by atoms with Crippen LogP contribution >= 0.6 is 15.9 Å².